The number of rotatable bonds is 4. The number of nitrogens with zero attached hydrogens (tertiary/aromatic N) is 1. The normalized spacial score (nSPS) is 40.7. The van der Waals surface area contributed by atoms with Gasteiger partial charge in [0.2, 0.25) is 0 Å². The number of carboxylic acid groups (broad SMARTS) is 1. The Morgan fingerprint density at radius 1 is 1.00 bits per heavy atom. The predicted molar refractivity (Wildman–Crippen MR) is 196 cm³/mol. The number of aliphatic hydroxyl groups excluding tert-OH is 3. The fraction of sp³-hybridized carbons (Fsp3) is 0.605. The Bertz CT molecular complexity index is 1980. The molecule has 10 atom stereocenters. The van der Waals surface area contributed by atoms with E-state index in [1.165, 1.54) is 16.6 Å². The van der Waals surface area contributed by atoms with Crippen LogP contribution in [0.25, 0.3) is 16.5 Å². The van der Waals surface area contributed by atoms with Gasteiger partial charge in [-0.05, 0) is 125 Å². The molecule has 0 amide bonds. The van der Waals surface area contributed by atoms with E-state index >= 15 is 0 Å². The first-order valence-electron chi connectivity index (χ1n) is 18.7. The van der Waals surface area contributed by atoms with Gasteiger partial charge < -0.3 is 29.7 Å². The summed E-state index contributed by atoms with van der Waals surface area (Å²) in [5, 5.41) is 46.9. The Labute approximate surface area is 296 Å². The van der Waals surface area contributed by atoms with E-state index in [0.717, 1.165) is 59.0 Å². The molecular weight excluding hydrogens is 626 g/mol. The summed E-state index contributed by atoms with van der Waals surface area (Å²) >= 11 is 0. The van der Waals surface area contributed by atoms with Crippen molar-refractivity contribution < 1.29 is 30.0 Å². The Morgan fingerprint density at radius 3 is 2.36 bits per heavy atom. The molecule has 8 rings (SSSR count). The summed E-state index contributed by atoms with van der Waals surface area (Å²) in [7, 11) is 0. The summed E-state index contributed by atoms with van der Waals surface area (Å²) in [6, 6.07) is 1.98. The maximum absolute atomic E-state index is 12.4. The minimum absolute atomic E-state index is 0.157. The Hall–Kier alpha value is -2.97. The topological polar surface area (TPSA) is 112 Å². The van der Waals surface area contributed by atoms with Crippen LogP contribution >= 0.6 is 0 Å². The van der Waals surface area contributed by atoms with Crippen LogP contribution in [0.2, 0.25) is 0 Å². The van der Waals surface area contributed by atoms with Crippen molar-refractivity contribution in [2.45, 2.75) is 135 Å². The van der Waals surface area contributed by atoms with Gasteiger partial charge in [0.15, 0.2) is 0 Å². The lowest BCUT2D eigenvalue weighted by atomic mass is 9.40. The summed E-state index contributed by atoms with van der Waals surface area (Å²) in [6.45, 7) is 23.4. The second kappa shape index (κ2) is 10.3. The molecule has 50 heavy (non-hydrogen) atoms. The quantitative estimate of drug-likeness (QED) is 0.148. The molecular formula is C43H55NO6. The highest BCUT2D eigenvalue weighted by Crippen LogP contribution is 2.72. The van der Waals surface area contributed by atoms with Gasteiger partial charge in [0.25, 0.3) is 0 Å². The van der Waals surface area contributed by atoms with Gasteiger partial charge in [0, 0.05) is 39.0 Å². The van der Waals surface area contributed by atoms with E-state index in [1.54, 1.807) is 13.0 Å². The average Bonchev–Trinajstić information content (AvgIpc) is 3.67. The first kappa shape index (κ1) is 34.1. The van der Waals surface area contributed by atoms with Gasteiger partial charge in [-0.1, -0.05) is 51.2 Å². The number of allylic oxidation sites excluding steroid dienone is 2. The zero-order valence-electron chi connectivity index (χ0n) is 31.2. The molecule has 2 fully saturated rings. The average molecular weight is 682 g/mol. The van der Waals surface area contributed by atoms with E-state index in [2.05, 4.69) is 77.8 Å². The number of aromatic nitrogens is 1. The smallest absolute Gasteiger partial charge is 0.331 e. The third kappa shape index (κ3) is 4.04. The van der Waals surface area contributed by atoms with Crippen LogP contribution in [-0.4, -0.2) is 48.3 Å². The number of aliphatic hydroxyl groups is 3. The van der Waals surface area contributed by atoms with Crippen LogP contribution in [0.5, 0.6) is 0 Å². The van der Waals surface area contributed by atoms with Crippen LogP contribution in [-0.2, 0) is 21.4 Å². The maximum Gasteiger partial charge on any atom is 0.331 e. The molecule has 3 heterocycles. The summed E-state index contributed by atoms with van der Waals surface area (Å²) in [4.78, 5) is 11.5. The van der Waals surface area contributed by atoms with Gasteiger partial charge in [-0.3, -0.25) is 0 Å². The molecule has 2 saturated carbocycles. The SMILES string of the molecule is C=C(C)C1C(O)c2c3c(cc4c5c(n1c24)C1(C)C(CCC2C(C)(/C=C/C=C(\C)C(=O)O)C(O)CCC21C)C5)C1=CC(C)(C)OC(C)(C)C1C3O. The second-order valence-electron chi connectivity index (χ2n) is 18.5. The third-order valence-electron chi connectivity index (χ3n) is 14.9. The molecule has 0 bridgehead atoms. The van der Waals surface area contributed by atoms with Gasteiger partial charge in [-0.15, -0.1) is 0 Å². The lowest BCUT2D eigenvalue weighted by Gasteiger charge is -2.64. The molecule has 1 aromatic heterocycles. The molecule has 6 aliphatic rings. The lowest BCUT2D eigenvalue weighted by molar-refractivity contribution is -0.145. The second-order valence-corrected chi connectivity index (χ2v) is 18.5. The lowest BCUT2D eigenvalue weighted by Crippen LogP contribution is -2.62. The zero-order valence-corrected chi connectivity index (χ0v) is 31.2. The number of hydrogen-bond donors (Lipinski definition) is 4. The molecule has 7 heteroatoms. The van der Waals surface area contributed by atoms with Crippen LogP contribution in [0, 0.1) is 28.6 Å². The highest BCUT2D eigenvalue weighted by Gasteiger charge is 2.67. The zero-order chi connectivity index (χ0) is 36.2. The number of benzene rings is 1. The highest BCUT2D eigenvalue weighted by atomic mass is 16.5. The van der Waals surface area contributed by atoms with Crippen LogP contribution < -0.4 is 0 Å². The fourth-order valence-corrected chi connectivity index (χ4v) is 12.8. The molecule has 2 aromatic rings. The van der Waals surface area contributed by atoms with Crippen molar-refractivity contribution in [3.05, 3.63) is 76.0 Å². The molecule has 2 aliphatic heterocycles. The Morgan fingerprint density at radius 2 is 1.70 bits per heavy atom. The molecule has 1 aromatic carbocycles. The number of carbonyl (C=O) groups is 1. The summed E-state index contributed by atoms with van der Waals surface area (Å²) in [6.07, 6.45) is 10.1. The van der Waals surface area contributed by atoms with E-state index in [0.29, 0.717) is 12.3 Å². The largest absolute Gasteiger partial charge is 0.478 e. The van der Waals surface area contributed by atoms with Gasteiger partial charge in [0.05, 0.1) is 35.0 Å². The van der Waals surface area contributed by atoms with Crippen molar-refractivity contribution in [1.82, 2.24) is 4.57 Å². The van der Waals surface area contributed by atoms with Crippen molar-refractivity contribution >= 4 is 22.4 Å². The van der Waals surface area contributed by atoms with Gasteiger partial charge in [-0.25, -0.2) is 4.79 Å². The van der Waals surface area contributed by atoms with Gasteiger partial charge in [-0.2, -0.15) is 0 Å². The van der Waals surface area contributed by atoms with Gasteiger partial charge in [0.1, 0.15) is 6.10 Å². The van der Waals surface area contributed by atoms with Crippen molar-refractivity contribution in [2.75, 3.05) is 0 Å². The minimum atomic E-state index is -0.943. The Kier molecular flexibility index (Phi) is 7.06. The number of aliphatic carboxylic acids is 1. The van der Waals surface area contributed by atoms with E-state index in [9.17, 15) is 25.2 Å². The molecule has 0 saturated heterocycles. The minimum Gasteiger partial charge on any atom is -0.478 e. The van der Waals surface area contributed by atoms with Crippen LogP contribution in [0.1, 0.15) is 134 Å². The maximum atomic E-state index is 12.4. The van der Waals surface area contributed by atoms with Crippen molar-refractivity contribution in [1.29, 1.82) is 0 Å². The molecule has 4 aliphatic carbocycles. The molecule has 0 spiro atoms. The molecule has 268 valence electrons. The summed E-state index contributed by atoms with van der Waals surface area (Å²) < 4.78 is 8.98. The van der Waals surface area contributed by atoms with E-state index in [-0.39, 0.29) is 34.3 Å². The summed E-state index contributed by atoms with van der Waals surface area (Å²) in [5.74, 6) is -0.621. The highest BCUT2D eigenvalue weighted by molar-refractivity contribution is 5.98. The summed E-state index contributed by atoms with van der Waals surface area (Å²) in [5.41, 5.74) is 6.65. The monoisotopic (exact) mass is 681 g/mol. The molecule has 10 unspecified atom stereocenters. The van der Waals surface area contributed by atoms with E-state index < -0.39 is 40.9 Å². The first-order valence-corrected chi connectivity index (χ1v) is 18.7. The van der Waals surface area contributed by atoms with E-state index in [4.69, 9.17) is 4.74 Å². The fourth-order valence-electron chi connectivity index (χ4n) is 12.8. The first-order chi connectivity index (χ1) is 23.2. The van der Waals surface area contributed by atoms with E-state index in [1.807, 2.05) is 13.0 Å². The standard InChI is InChI=1S/C43H55NO6/c1-21(2)33-36(47)31-30-24(27-20-39(4,5)50-40(6,7)32(27)35(30)46)19-25-26-18-23-13-14-28-41(8,16-11-12-22(3)38(48)49)29(45)15-17-42(28,9)43(23,10)37(26)44(33)34(25)31/h11-12,16,19-20,23,28-29,32-33,35-36,45-47H,1,13-15,17-18H2,2-10H3,(H,48,49)/b16-11+,22-12+. The predicted octanol–water partition coefficient (Wildman–Crippen LogP) is 8.03. The molecule has 4 N–H and O–H groups in total. The van der Waals surface area contributed by atoms with Crippen LogP contribution in [0.4, 0.5) is 0 Å². The van der Waals surface area contributed by atoms with Crippen molar-refractivity contribution in [3.8, 4) is 0 Å². The van der Waals surface area contributed by atoms with Crippen LogP contribution in [0.15, 0.2) is 48.1 Å². The van der Waals surface area contributed by atoms with Crippen LogP contribution in [0.3, 0.4) is 0 Å². The number of fused-ring (bicyclic) bond motifs is 11. The third-order valence-corrected chi connectivity index (χ3v) is 14.9. The van der Waals surface area contributed by atoms with Crippen molar-refractivity contribution in [3.63, 3.8) is 0 Å². The Balaban J connectivity index is 1.36. The molecule has 7 nitrogen and oxygen atoms in total. The number of ether oxygens (including phenoxy) is 1. The van der Waals surface area contributed by atoms with Gasteiger partial charge >= 0.3 is 5.97 Å². The number of carboxylic acids is 1. The number of hydrogen-bond acceptors (Lipinski definition) is 5. The molecule has 0 radical (unpaired) electrons. The van der Waals surface area contributed by atoms with Crippen molar-refractivity contribution in [2.24, 2.45) is 28.6 Å².